The predicted octanol–water partition coefficient (Wildman–Crippen LogP) is 8.12. The highest BCUT2D eigenvalue weighted by atomic mass is 14.0. The Morgan fingerprint density at radius 3 is 0.654 bits per heavy atom. The van der Waals surface area contributed by atoms with Gasteiger partial charge in [-0.3, -0.25) is 0 Å². The minimum atomic E-state index is 1.42. The third-order valence-corrected chi connectivity index (χ3v) is 3.62. The van der Waals surface area contributed by atoms with E-state index in [1.54, 1.807) is 13.8 Å². The van der Waals surface area contributed by atoms with Crippen molar-refractivity contribution in [3.05, 3.63) is 33.4 Å². The van der Waals surface area contributed by atoms with Crippen LogP contribution in [0.1, 0.15) is 96.9 Å². The lowest BCUT2D eigenvalue weighted by Gasteiger charge is -2.05. The summed E-state index contributed by atoms with van der Waals surface area (Å²) in [5, 5.41) is 0. The molecule has 0 aliphatic heterocycles. The van der Waals surface area contributed by atoms with E-state index in [-0.39, 0.29) is 0 Å². The molecule has 0 saturated carbocycles. The number of rotatable bonds is 1. The summed E-state index contributed by atoms with van der Waals surface area (Å²) >= 11 is 0. The van der Waals surface area contributed by atoms with Crippen LogP contribution in [0.25, 0.3) is 0 Å². The van der Waals surface area contributed by atoms with E-state index in [1.807, 2.05) is 13.8 Å². The number of hydrogen-bond acceptors (Lipinski definition) is 0. The van der Waals surface area contributed by atoms with E-state index in [0.29, 0.717) is 0 Å². The molecule has 0 aromatic carbocycles. The van der Waals surface area contributed by atoms with Crippen molar-refractivity contribution in [2.24, 2.45) is 0 Å². The fourth-order valence-electron chi connectivity index (χ4n) is 0.875. The largest absolute Gasteiger partial charge is 0.107 e. The fourth-order valence-corrected chi connectivity index (χ4v) is 0.875. The van der Waals surface area contributed by atoms with Crippen molar-refractivity contribution < 1.29 is 0 Å². The molecule has 0 amide bonds. The van der Waals surface area contributed by atoms with Crippen LogP contribution >= 0.6 is 0 Å². The van der Waals surface area contributed by atoms with Gasteiger partial charge in [0.05, 0.1) is 0 Å². The first-order valence-corrected chi connectivity index (χ1v) is 9.00. The van der Waals surface area contributed by atoms with Crippen molar-refractivity contribution in [1.29, 1.82) is 0 Å². The molecule has 146 valence electrons. The second-order valence-electron chi connectivity index (χ2n) is 6.50. The maximum atomic E-state index is 2.68. The highest BCUT2D eigenvalue weighted by Gasteiger charge is 1.95. The van der Waals surface area contributed by atoms with Gasteiger partial charge in [0.15, 0.2) is 0 Å². The zero-order chi connectivity index (χ0) is 21.7. The first-order chi connectivity index (χ1) is 11.9. The first-order valence-electron chi connectivity index (χ1n) is 9.00. The minimum absolute atomic E-state index is 1.42. The second-order valence-corrected chi connectivity index (χ2v) is 6.50. The first kappa shape index (κ1) is 31.6. The van der Waals surface area contributed by atoms with Crippen molar-refractivity contribution in [3.8, 4) is 35.5 Å². The van der Waals surface area contributed by atoms with Gasteiger partial charge in [-0.2, -0.15) is 0 Å². The van der Waals surface area contributed by atoms with Gasteiger partial charge in [-0.05, 0) is 120 Å². The maximum absolute atomic E-state index is 2.68. The fraction of sp³-hybridized carbons (Fsp3) is 0.538. The highest BCUT2D eigenvalue weighted by Crippen LogP contribution is 2.16. The van der Waals surface area contributed by atoms with E-state index in [2.05, 4.69) is 105 Å². The summed E-state index contributed by atoms with van der Waals surface area (Å²) < 4.78 is 0. The Balaban J connectivity index is -0.000000132. The summed E-state index contributed by atoms with van der Waals surface area (Å²) in [6, 6.07) is 0. The number of hydrogen-bond donors (Lipinski definition) is 0. The molecule has 0 spiro atoms. The van der Waals surface area contributed by atoms with Crippen molar-refractivity contribution >= 4 is 0 Å². The second kappa shape index (κ2) is 22.9. The lowest BCUT2D eigenvalue weighted by molar-refractivity contribution is 1.17. The standard InChI is InChI=1S/C10H18.C6H12.C6H6.C4H6/c1-7(2)9(5)10(6)8(3)4;1-5(2)6(3)4;1-3-5-6-4-2;1-3-4-2/h1-6H3;1-4H3;1-2H3;1-2H3. The molecule has 0 N–H and O–H groups in total. The Morgan fingerprint density at radius 1 is 0.346 bits per heavy atom. The molecule has 0 heteroatoms. The summed E-state index contributed by atoms with van der Waals surface area (Å²) in [6.45, 7) is 28.6. The van der Waals surface area contributed by atoms with E-state index >= 15 is 0 Å². The average Bonchev–Trinajstić information content (AvgIpc) is 2.59. The molecule has 0 heterocycles. The Bertz CT molecular complexity index is 570. The zero-order valence-electron chi connectivity index (χ0n) is 20.0. The third-order valence-electron chi connectivity index (χ3n) is 3.62. The minimum Gasteiger partial charge on any atom is -0.107 e. The Labute approximate surface area is 166 Å². The van der Waals surface area contributed by atoms with Crippen LogP contribution in [0.4, 0.5) is 0 Å². The van der Waals surface area contributed by atoms with Gasteiger partial charge in [0.2, 0.25) is 0 Å². The summed E-state index contributed by atoms with van der Waals surface area (Å²) in [5.74, 6) is 15.8. The molecule has 0 aliphatic rings. The van der Waals surface area contributed by atoms with Crippen molar-refractivity contribution in [2.75, 3.05) is 0 Å². The van der Waals surface area contributed by atoms with Crippen molar-refractivity contribution in [3.63, 3.8) is 0 Å². The summed E-state index contributed by atoms with van der Waals surface area (Å²) in [5.41, 5.74) is 8.54. The van der Waals surface area contributed by atoms with Crippen LogP contribution in [0, 0.1) is 35.5 Å². The van der Waals surface area contributed by atoms with Gasteiger partial charge < -0.3 is 0 Å². The lowest BCUT2D eigenvalue weighted by Crippen LogP contribution is -1.85. The Hall–Kier alpha value is -2.10. The topological polar surface area (TPSA) is 0 Å². The molecule has 0 atom stereocenters. The van der Waals surface area contributed by atoms with Crippen LogP contribution in [-0.2, 0) is 0 Å². The van der Waals surface area contributed by atoms with Gasteiger partial charge in [0, 0.05) is 0 Å². The predicted molar refractivity (Wildman–Crippen MR) is 124 cm³/mol. The van der Waals surface area contributed by atoms with Gasteiger partial charge >= 0.3 is 0 Å². The monoisotopic (exact) mass is 354 g/mol. The number of allylic oxidation sites excluding steroid dienone is 6. The van der Waals surface area contributed by atoms with E-state index in [4.69, 9.17) is 0 Å². The smallest absolute Gasteiger partial charge is 0.00168 e. The molecule has 0 radical (unpaired) electrons. The average molecular weight is 355 g/mol. The lowest BCUT2D eigenvalue weighted by atomic mass is 10.0. The third kappa shape index (κ3) is 29.9. The summed E-state index contributed by atoms with van der Waals surface area (Å²) in [6.07, 6.45) is 0. The Morgan fingerprint density at radius 2 is 0.577 bits per heavy atom. The van der Waals surface area contributed by atoms with E-state index in [9.17, 15) is 0 Å². The van der Waals surface area contributed by atoms with E-state index in [1.165, 1.54) is 33.4 Å². The normalized spacial score (nSPS) is 6.69. The van der Waals surface area contributed by atoms with Crippen LogP contribution < -0.4 is 0 Å². The Kier molecular flexibility index (Phi) is 27.9. The van der Waals surface area contributed by atoms with Crippen molar-refractivity contribution in [2.45, 2.75) is 96.9 Å². The quantitative estimate of drug-likeness (QED) is 0.253. The molecule has 0 aromatic heterocycles. The van der Waals surface area contributed by atoms with Gasteiger partial charge in [0.25, 0.3) is 0 Å². The maximum Gasteiger partial charge on any atom is -0.00168 e. The zero-order valence-corrected chi connectivity index (χ0v) is 20.0. The molecule has 0 bridgehead atoms. The summed E-state index contributed by atoms with van der Waals surface area (Å²) in [4.78, 5) is 0. The van der Waals surface area contributed by atoms with E-state index in [0.717, 1.165) is 0 Å². The molecule has 0 unspecified atom stereocenters. The molecule has 0 nitrogen and oxygen atoms in total. The SMILES string of the molecule is CC#CC.CC#CC#CC.CC(C)=C(C)C.CC(C)=C(C)C(C)=C(C)C. The molecule has 0 aromatic rings. The highest BCUT2D eigenvalue weighted by molar-refractivity contribution is 5.33. The van der Waals surface area contributed by atoms with Crippen LogP contribution in [0.2, 0.25) is 0 Å². The van der Waals surface area contributed by atoms with Crippen LogP contribution in [0.15, 0.2) is 33.4 Å². The van der Waals surface area contributed by atoms with Crippen LogP contribution in [0.5, 0.6) is 0 Å². The van der Waals surface area contributed by atoms with Gasteiger partial charge in [0.1, 0.15) is 0 Å². The molecule has 0 fully saturated rings. The molecular formula is C26H42. The molecule has 26 heavy (non-hydrogen) atoms. The van der Waals surface area contributed by atoms with Gasteiger partial charge in [-0.1, -0.05) is 34.1 Å². The molecule has 0 aliphatic carbocycles. The van der Waals surface area contributed by atoms with Crippen molar-refractivity contribution in [1.82, 2.24) is 0 Å². The van der Waals surface area contributed by atoms with Gasteiger partial charge in [-0.25, -0.2) is 0 Å². The van der Waals surface area contributed by atoms with Crippen LogP contribution in [0.3, 0.4) is 0 Å². The van der Waals surface area contributed by atoms with E-state index < -0.39 is 0 Å². The van der Waals surface area contributed by atoms with Gasteiger partial charge in [-0.15, -0.1) is 11.8 Å². The molecular weight excluding hydrogens is 312 g/mol. The molecule has 0 rings (SSSR count). The molecule has 0 saturated heterocycles. The van der Waals surface area contributed by atoms with Crippen LogP contribution in [-0.4, -0.2) is 0 Å². The summed E-state index contributed by atoms with van der Waals surface area (Å²) in [7, 11) is 0.